The smallest absolute Gasteiger partial charge is 0.329 e. The van der Waals surface area contributed by atoms with Crippen LogP contribution in [0, 0.1) is 12.8 Å². The van der Waals surface area contributed by atoms with E-state index in [0.717, 1.165) is 11.1 Å². The van der Waals surface area contributed by atoms with Gasteiger partial charge in [0.1, 0.15) is 6.04 Å². The molecule has 29 heavy (non-hydrogen) atoms. The van der Waals surface area contributed by atoms with Crippen LogP contribution in [0.1, 0.15) is 42.3 Å². The fourth-order valence-corrected chi connectivity index (χ4v) is 2.74. The quantitative estimate of drug-likeness (QED) is 0.672. The second-order valence-corrected chi connectivity index (χ2v) is 7.35. The summed E-state index contributed by atoms with van der Waals surface area (Å²) in [4.78, 5) is 37.3. The van der Waals surface area contributed by atoms with Crippen molar-refractivity contribution in [3.05, 3.63) is 71.3 Å². The first kappa shape index (κ1) is 22.1. The average Bonchev–Trinajstić information content (AvgIpc) is 2.70. The second-order valence-electron chi connectivity index (χ2n) is 7.35. The molecule has 0 aromatic heterocycles. The molecule has 2 aromatic rings. The highest BCUT2D eigenvalue weighted by molar-refractivity contribution is 5.97. The van der Waals surface area contributed by atoms with Gasteiger partial charge in [0.15, 0.2) is 6.10 Å². The molecule has 0 aliphatic rings. The van der Waals surface area contributed by atoms with Crippen LogP contribution in [-0.2, 0) is 20.9 Å². The Morgan fingerprint density at radius 2 is 1.66 bits per heavy atom. The summed E-state index contributed by atoms with van der Waals surface area (Å²) in [6.07, 6.45) is -0.969. The van der Waals surface area contributed by atoms with Gasteiger partial charge in [0.2, 0.25) is 0 Å². The van der Waals surface area contributed by atoms with Gasteiger partial charge in [-0.3, -0.25) is 9.59 Å². The van der Waals surface area contributed by atoms with E-state index in [1.165, 1.54) is 6.92 Å². The minimum Gasteiger partial charge on any atom is -0.451 e. The number of aryl methyl sites for hydroxylation is 1. The lowest BCUT2D eigenvalue weighted by Gasteiger charge is -2.23. The van der Waals surface area contributed by atoms with E-state index < -0.39 is 24.0 Å². The molecule has 0 aliphatic heterocycles. The maximum Gasteiger partial charge on any atom is 0.329 e. The summed E-state index contributed by atoms with van der Waals surface area (Å²) in [6.45, 7) is 7.36. The molecule has 0 aliphatic carbocycles. The van der Waals surface area contributed by atoms with Gasteiger partial charge in [-0.15, -0.1) is 0 Å². The third kappa shape index (κ3) is 6.75. The molecule has 0 fully saturated rings. The number of ether oxygens (including phenoxy) is 1. The van der Waals surface area contributed by atoms with Crippen LogP contribution in [0.15, 0.2) is 54.6 Å². The van der Waals surface area contributed by atoms with E-state index in [1.807, 2.05) is 57.2 Å². The fraction of sp³-hybridized carbons (Fsp3) is 0.348. The highest BCUT2D eigenvalue weighted by Gasteiger charge is 2.29. The first-order chi connectivity index (χ1) is 13.8. The Balaban J connectivity index is 1.93. The Bertz CT molecular complexity index is 849. The van der Waals surface area contributed by atoms with Crippen molar-refractivity contribution >= 4 is 17.8 Å². The summed E-state index contributed by atoms with van der Waals surface area (Å²) in [5.74, 6) is -1.58. The number of carbonyl (C=O) groups excluding carboxylic acids is 3. The van der Waals surface area contributed by atoms with Crippen LogP contribution >= 0.6 is 0 Å². The first-order valence-corrected chi connectivity index (χ1v) is 9.67. The van der Waals surface area contributed by atoms with Crippen LogP contribution in [0.5, 0.6) is 0 Å². The predicted octanol–water partition coefficient (Wildman–Crippen LogP) is 3.00. The number of hydrogen-bond donors (Lipinski definition) is 2. The number of esters is 1. The van der Waals surface area contributed by atoms with Crippen LogP contribution in [0.4, 0.5) is 0 Å². The zero-order valence-electron chi connectivity index (χ0n) is 17.3. The highest BCUT2D eigenvalue weighted by atomic mass is 16.5. The maximum absolute atomic E-state index is 12.6. The Hall–Kier alpha value is -3.15. The number of hydrogen-bond acceptors (Lipinski definition) is 4. The van der Waals surface area contributed by atoms with Gasteiger partial charge in [-0.05, 0) is 37.5 Å². The van der Waals surface area contributed by atoms with Crippen molar-refractivity contribution in [3.8, 4) is 0 Å². The van der Waals surface area contributed by atoms with Crippen molar-refractivity contribution in [1.82, 2.24) is 10.6 Å². The third-order valence-corrected chi connectivity index (χ3v) is 4.46. The summed E-state index contributed by atoms with van der Waals surface area (Å²) in [5.41, 5.74) is 2.37. The highest BCUT2D eigenvalue weighted by Crippen LogP contribution is 2.10. The molecule has 0 bridgehead atoms. The van der Waals surface area contributed by atoms with Gasteiger partial charge in [0.25, 0.3) is 11.8 Å². The van der Waals surface area contributed by atoms with Gasteiger partial charge in [-0.25, -0.2) is 4.79 Å². The lowest BCUT2D eigenvalue weighted by molar-refractivity contribution is -0.157. The number of amides is 2. The van der Waals surface area contributed by atoms with Crippen LogP contribution < -0.4 is 10.6 Å². The fourth-order valence-electron chi connectivity index (χ4n) is 2.74. The molecule has 154 valence electrons. The van der Waals surface area contributed by atoms with E-state index in [1.54, 1.807) is 18.2 Å². The summed E-state index contributed by atoms with van der Waals surface area (Å²) in [7, 11) is 0. The van der Waals surface area contributed by atoms with Crippen molar-refractivity contribution in [1.29, 1.82) is 0 Å². The lowest BCUT2D eigenvalue weighted by atomic mass is 10.0. The van der Waals surface area contributed by atoms with E-state index >= 15 is 0 Å². The van der Waals surface area contributed by atoms with Crippen LogP contribution in [0.3, 0.4) is 0 Å². The Labute approximate surface area is 171 Å². The summed E-state index contributed by atoms with van der Waals surface area (Å²) >= 11 is 0. The molecule has 2 rings (SSSR count). The van der Waals surface area contributed by atoms with Crippen LogP contribution in [-0.4, -0.2) is 29.9 Å². The number of rotatable bonds is 8. The standard InChI is InChI=1S/C23H28N2O4/c1-15(2)20(25-22(27)19-12-8-9-16(3)13-19)23(28)29-17(4)21(26)24-14-18-10-6-5-7-11-18/h5-13,15,17,20H,14H2,1-4H3,(H,24,26)(H,25,27)/t17?,20-/m0/s1. The monoisotopic (exact) mass is 396 g/mol. The first-order valence-electron chi connectivity index (χ1n) is 9.67. The van der Waals surface area contributed by atoms with Gasteiger partial charge < -0.3 is 15.4 Å². The molecule has 0 radical (unpaired) electrons. The van der Waals surface area contributed by atoms with E-state index in [-0.39, 0.29) is 11.8 Å². The molecule has 1 unspecified atom stereocenters. The molecular weight excluding hydrogens is 368 g/mol. The molecule has 0 heterocycles. The molecule has 2 N–H and O–H groups in total. The molecule has 0 spiro atoms. The molecule has 2 aromatic carbocycles. The molecule has 0 saturated heterocycles. The van der Waals surface area contributed by atoms with Gasteiger partial charge in [-0.1, -0.05) is 61.9 Å². The normalized spacial score (nSPS) is 12.7. The van der Waals surface area contributed by atoms with E-state index in [2.05, 4.69) is 10.6 Å². The molecule has 2 atom stereocenters. The van der Waals surface area contributed by atoms with Crippen molar-refractivity contribution in [2.45, 2.75) is 46.4 Å². The Morgan fingerprint density at radius 3 is 2.28 bits per heavy atom. The maximum atomic E-state index is 12.6. The molecule has 6 heteroatoms. The minimum atomic E-state index is -0.969. The van der Waals surface area contributed by atoms with Crippen molar-refractivity contribution < 1.29 is 19.1 Å². The summed E-state index contributed by atoms with van der Waals surface area (Å²) in [5, 5.41) is 5.46. The Kier molecular flexibility index (Phi) is 7.95. The number of nitrogens with one attached hydrogen (secondary N) is 2. The average molecular weight is 396 g/mol. The van der Waals surface area contributed by atoms with Crippen molar-refractivity contribution in [2.75, 3.05) is 0 Å². The van der Waals surface area contributed by atoms with E-state index in [4.69, 9.17) is 4.74 Å². The number of carbonyl (C=O) groups is 3. The van der Waals surface area contributed by atoms with Gasteiger partial charge >= 0.3 is 5.97 Å². The summed E-state index contributed by atoms with van der Waals surface area (Å²) < 4.78 is 5.32. The summed E-state index contributed by atoms with van der Waals surface area (Å²) in [6, 6.07) is 15.7. The molecule has 0 saturated carbocycles. The van der Waals surface area contributed by atoms with Crippen LogP contribution in [0.25, 0.3) is 0 Å². The van der Waals surface area contributed by atoms with Gasteiger partial charge in [-0.2, -0.15) is 0 Å². The number of benzene rings is 2. The topological polar surface area (TPSA) is 84.5 Å². The predicted molar refractivity (Wildman–Crippen MR) is 111 cm³/mol. The second kappa shape index (κ2) is 10.4. The molecule has 2 amide bonds. The van der Waals surface area contributed by atoms with Crippen molar-refractivity contribution in [3.63, 3.8) is 0 Å². The zero-order chi connectivity index (χ0) is 21.4. The molecular formula is C23H28N2O4. The molecule has 6 nitrogen and oxygen atoms in total. The van der Waals surface area contributed by atoms with Gasteiger partial charge in [0.05, 0.1) is 0 Å². The van der Waals surface area contributed by atoms with E-state index in [9.17, 15) is 14.4 Å². The third-order valence-electron chi connectivity index (χ3n) is 4.46. The zero-order valence-corrected chi connectivity index (χ0v) is 17.3. The van der Waals surface area contributed by atoms with Gasteiger partial charge in [0, 0.05) is 12.1 Å². The minimum absolute atomic E-state index is 0.198. The van der Waals surface area contributed by atoms with E-state index in [0.29, 0.717) is 12.1 Å². The SMILES string of the molecule is Cc1cccc(C(=O)N[C@H](C(=O)OC(C)C(=O)NCc2ccccc2)C(C)C)c1. The van der Waals surface area contributed by atoms with Crippen LogP contribution in [0.2, 0.25) is 0 Å². The lowest BCUT2D eigenvalue weighted by Crippen LogP contribution is -2.47. The largest absolute Gasteiger partial charge is 0.451 e. The Morgan fingerprint density at radius 1 is 0.966 bits per heavy atom. The van der Waals surface area contributed by atoms with Crippen molar-refractivity contribution in [2.24, 2.45) is 5.92 Å².